The monoisotopic (exact) mass is 259 g/mol. The van der Waals surface area contributed by atoms with Crippen LogP contribution in [0.5, 0.6) is 0 Å². The lowest BCUT2D eigenvalue weighted by Gasteiger charge is -2.19. The normalized spacial score (nSPS) is 20.3. The highest BCUT2D eigenvalue weighted by atomic mass is 16.1. The first-order valence-electron chi connectivity index (χ1n) is 6.92. The molecule has 19 heavy (non-hydrogen) atoms. The summed E-state index contributed by atoms with van der Waals surface area (Å²) in [4.78, 5) is 15.1. The fraction of sp³-hybridized carbons (Fsp3) is 0.533. The Morgan fingerprint density at radius 3 is 2.74 bits per heavy atom. The third-order valence-corrected chi connectivity index (χ3v) is 3.98. The Kier molecular flexibility index (Phi) is 2.78. The smallest absolute Gasteiger partial charge is 0.315 e. The van der Waals surface area contributed by atoms with E-state index in [-0.39, 0.29) is 17.1 Å². The van der Waals surface area contributed by atoms with Crippen molar-refractivity contribution in [1.29, 1.82) is 0 Å². The predicted molar refractivity (Wildman–Crippen MR) is 77.8 cm³/mol. The van der Waals surface area contributed by atoms with Crippen LogP contribution in [0.4, 0.5) is 0 Å². The number of imidazole rings is 1. The first-order valence-corrected chi connectivity index (χ1v) is 6.92. The molecule has 0 aliphatic carbocycles. The number of nitrogens with zero attached hydrogens (tertiary/aromatic N) is 1. The minimum absolute atomic E-state index is 0.00904. The Labute approximate surface area is 112 Å². The maximum Gasteiger partial charge on any atom is 0.326 e. The second-order valence-corrected chi connectivity index (χ2v) is 6.43. The van der Waals surface area contributed by atoms with Crippen LogP contribution in [0.25, 0.3) is 11.0 Å². The van der Waals surface area contributed by atoms with Crippen LogP contribution >= 0.6 is 0 Å². The summed E-state index contributed by atoms with van der Waals surface area (Å²) in [5.41, 5.74) is 3.34. The molecule has 1 atom stereocenters. The fourth-order valence-electron chi connectivity index (χ4n) is 2.81. The molecule has 1 aliphatic heterocycles. The molecule has 4 nitrogen and oxygen atoms in total. The van der Waals surface area contributed by atoms with Gasteiger partial charge in [-0.1, -0.05) is 26.8 Å². The average Bonchev–Trinajstić information content (AvgIpc) is 2.92. The zero-order valence-electron chi connectivity index (χ0n) is 11.8. The van der Waals surface area contributed by atoms with Crippen LogP contribution < -0.4 is 11.0 Å². The van der Waals surface area contributed by atoms with Crippen molar-refractivity contribution in [2.24, 2.45) is 0 Å². The van der Waals surface area contributed by atoms with Gasteiger partial charge in [0.05, 0.1) is 17.1 Å². The maximum absolute atomic E-state index is 12.2. The first-order chi connectivity index (χ1) is 8.97. The number of aromatic amines is 1. The number of hydrogen-bond donors (Lipinski definition) is 2. The molecular weight excluding hydrogens is 238 g/mol. The van der Waals surface area contributed by atoms with Crippen molar-refractivity contribution in [2.45, 2.75) is 38.6 Å². The largest absolute Gasteiger partial charge is 0.326 e. The summed E-state index contributed by atoms with van der Waals surface area (Å²) in [6.45, 7) is 8.45. The van der Waals surface area contributed by atoms with Crippen LogP contribution in [0.3, 0.4) is 0 Å². The Bertz CT molecular complexity index is 654. The zero-order valence-corrected chi connectivity index (χ0v) is 11.8. The van der Waals surface area contributed by atoms with E-state index >= 15 is 0 Å². The summed E-state index contributed by atoms with van der Waals surface area (Å²) in [5.74, 6) is 0. The van der Waals surface area contributed by atoms with Gasteiger partial charge in [-0.3, -0.25) is 4.57 Å². The van der Waals surface area contributed by atoms with Crippen molar-refractivity contribution >= 4 is 11.0 Å². The number of nitrogens with one attached hydrogen (secondary N) is 2. The second kappa shape index (κ2) is 4.23. The lowest BCUT2D eigenvalue weighted by molar-refractivity contribution is 0.544. The highest BCUT2D eigenvalue weighted by molar-refractivity contribution is 5.76. The molecule has 0 radical (unpaired) electrons. The van der Waals surface area contributed by atoms with Crippen molar-refractivity contribution in [3.8, 4) is 0 Å². The van der Waals surface area contributed by atoms with Gasteiger partial charge < -0.3 is 10.3 Å². The first kappa shape index (κ1) is 12.5. The minimum atomic E-state index is 0.00904. The van der Waals surface area contributed by atoms with E-state index in [0.717, 1.165) is 30.5 Å². The standard InChI is InChI=1S/C15H21N3O/c1-15(2,3)10-4-5-12-13(8-10)18(14(19)17-12)11-6-7-16-9-11/h4-5,8,11,16H,6-7,9H2,1-3H3,(H,17,19). The van der Waals surface area contributed by atoms with E-state index in [1.54, 1.807) is 0 Å². The van der Waals surface area contributed by atoms with E-state index in [1.807, 2.05) is 10.6 Å². The Hall–Kier alpha value is -1.55. The van der Waals surface area contributed by atoms with E-state index in [2.05, 4.69) is 43.2 Å². The third kappa shape index (κ3) is 2.10. The molecule has 1 saturated heterocycles. The molecule has 1 aromatic heterocycles. The number of benzene rings is 1. The lowest BCUT2D eigenvalue weighted by atomic mass is 9.87. The van der Waals surface area contributed by atoms with Crippen molar-refractivity contribution < 1.29 is 0 Å². The van der Waals surface area contributed by atoms with Crippen molar-refractivity contribution in [1.82, 2.24) is 14.9 Å². The predicted octanol–water partition coefficient (Wildman–Crippen LogP) is 2.16. The third-order valence-electron chi connectivity index (χ3n) is 3.98. The molecule has 1 aliphatic rings. The number of rotatable bonds is 1. The Balaban J connectivity index is 2.20. The van der Waals surface area contributed by atoms with Gasteiger partial charge in [-0.2, -0.15) is 0 Å². The number of fused-ring (bicyclic) bond motifs is 1. The fourth-order valence-corrected chi connectivity index (χ4v) is 2.81. The molecule has 0 spiro atoms. The molecule has 0 bridgehead atoms. The van der Waals surface area contributed by atoms with Crippen LogP contribution in [0.1, 0.15) is 38.8 Å². The molecule has 1 fully saturated rings. The topological polar surface area (TPSA) is 49.8 Å². The van der Waals surface area contributed by atoms with Gasteiger partial charge in [0, 0.05) is 6.54 Å². The summed E-state index contributed by atoms with van der Waals surface area (Å²) < 4.78 is 1.92. The summed E-state index contributed by atoms with van der Waals surface area (Å²) >= 11 is 0. The van der Waals surface area contributed by atoms with Crippen LogP contribution in [-0.4, -0.2) is 22.6 Å². The van der Waals surface area contributed by atoms with Crippen LogP contribution in [0.2, 0.25) is 0 Å². The van der Waals surface area contributed by atoms with E-state index in [4.69, 9.17) is 0 Å². The SMILES string of the molecule is CC(C)(C)c1ccc2[nH]c(=O)n(C3CCNC3)c2c1. The Morgan fingerprint density at radius 1 is 1.32 bits per heavy atom. The van der Waals surface area contributed by atoms with Gasteiger partial charge in [-0.05, 0) is 36.1 Å². The van der Waals surface area contributed by atoms with Gasteiger partial charge in [0.1, 0.15) is 0 Å². The van der Waals surface area contributed by atoms with Gasteiger partial charge in [0.15, 0.2) is 0 Å². The van der Waals surface area contributed by atoms with E-state index in [1.165, 1.54) is 5.56 Å². The Morgan fingerprint density at radius 2 is 2.11 bits per heavy atom. The molecule has 102 valence electrons. The van der Waals surface area contributed by atoms with E-state index in [9.17, 15) is 4.79 Å². The van der Waals surface area contributed by atoms with Gasteiger partial charge >= 0.3 is 5.69 Å². The minimum Gasteiger partial charge on any atom is -0.315 e. The number of aromatic nitrogens is 2. The van der Waals surface area contributed by atoms with Crippen LogP contribution in [0.15, 0.2) is 23.0 Å². The lowest BCUT2D eigenvalue weighted by Crippen LogP contribution is -2.24. The maximum atomic E-state index is 12.2. The van der Waals surface area contributed by atoms with Crippen LogP contribution in [-0.2, 0) is 5.41 Å². The van der Waals surface area contributed by atoms with Crippen LogP contribution in [0, 0.1) is 0 Å². The van der Waals surface area contributed by atoms with Gasteiger partial charge in [-0.15, -0.1) is 0 Å². The molecule has 0 saturated carbocycles. The summed E-state index contributed by atoms with van der Waals surface area (Å²) in [6.07, 6.45) is 1.02. The molecule has 4 heteroatoms. The molecule has 1 unspecified atom stereocenters. The molecule has 0 amide bonds. The zero-order chi connectivity index (χ0) is 13.6. The molecule has 1 aromatic carbocycles. The van der Waals surface area contributed by atoms with Crippen molar-refractivity contribution in [3.63, 3.8) is 0 Å². The van der Waals surface area contributed by atoms with E-state index < -0.39 is 0 Å². The second-order valence-electron chi connectivity index (χ2n) is 6.43. The van der Waals surface area contributed by atoms with Gasteiger partial charge in [0.25, 0.3) is 0 Å². The highest BCUT2D eigenvalue weighted by Gasteiger charge is 2.22. The number of hydrogen-bond acceptors (Lipinski definition) is 2. The quantitative estimate of drug-likeness (QED) is 0.824. The average molecular weight is 259 g/mol. The molecule has 2 aromatic rings. The summed E-state index contributed by atoms with van der Waals surface area (Å²) in [7, 11) is 0. The van der Waals surface area contributed by atoms with Gasteiger partial charge in [-0.25, -0.2) is 4.79 Å². The molecule has 2 heterocycles. The van der Waals surface area contributed by atoms with Gasteiger partial charge in [0.2, 0.25) is 0 Å². The molecular formula is C15H21N3O. The summed E-state index contributed by atoms with van der Waals surface area (Å²) in [6, 6.07) is 6.56. The molecule has 2 N–H and O–H groups in total. The highest BCUT2D eigenvalue weighted by Crippen LogP contribution is 2.27. The van der Waals surface area contributed by atoms with Crippen molar-refractivity contribution in [2.75, 3.05) is 13.1 Å². The van der Waals surface area contributed by atoms with E-state index in [0.29, 0.717) is 0 Å². The molecule has 3 rings (SSSR count). The number of H-pyrrole nitrogens is 1. The van der Waals surface area contributed by atoms with Crippen molar-refractivity contribution in [3.05, 3.63) is 34.2 Å². The summed E-state index contributed by atoms with van der Waals surface area (Å²) in [5, 5.41) is 3.32.